The van der Waals surface area contributed by atoms with Gasteiger partial charge in [-0.1, -0.05) is 54.6 Å². The van der Waals surface area contributed by atoms with E-state index >= 15 is 0 Å². The Balaban J connectivity index is 1.50. The fraction of sp³-hybridized carbons (Fsp3) is 0.458. The molecule has 1 aromatic heterocycles. The molecule has 0 aliphatic heterocycles. The largest absolute Gasteiger partial charge is 0.338 e. The second-order valence-electron chi connectivity index (χ2n) is 8.16. The van der Waals surface area contributed by atoms with E-state index in [-0.39, 0.29) is 18.0 Å². The van der Waals surface area contributed by atoms with Crippen LogP contribution in [0, 0.1) is 0 Å². The molecule has 6 nitrogen and oxygen atoms in total. The zero-order chi connectivity index (χ0) is 22.8. The molecular formula is C24H30Cl2N4O2. The molecule has 2 aromatic rings. The molecule has 1 saturated carbocycles. The Bertz CT molecular complexity index is 889. The molecule has 32 heavy (non-hydrogen) atoms. The molecule has 1 aromatic carbocycles. The zero-order valence-electron chi connectivity index (χ0n) is 18.2. The Labute approximate surface area is 199 Å². The first-order valence-corrected chi connectivity index (χ1v) is 11.9. The summed E-state index contributed by atoms with van der Waals surface area (Å²) in [6.45, 7) is 1.26. The van der Waals surface area contributed by atoms with Gasteiger partial charge in [0.2, 0.25) is 5.91 Å². The monoisotopic (exact) mass is 476 g/mol. The highest BCUT2D eigenvalue weighted by Crippen LogP contribution is 2.24. The summed E-state index contributed by atoms with van der Waals surface area (Å²) in [5, 5.41) is 6.84. The zero-order valence-corrected chi connectivity index (χ0v) is 19.7. The van der Waals surface area contributed by atoms with E-state index in [1.807, 2.05) is 24.3 Å². The van der Waals surface area contributed by atoms with Crippen LogP contribution in [0.5, 0.6) is 0 Å². The second-order valence-corrected chi connectivity index (χ2v) is 8.97. The normalized spacial score (nSPS) is 14.1. The van der Waals surface area contributed by atoms with Crippen LogP contribution in [-0.2, 0) is 17.9 Å². The van der Waals surface area contributed by atoms with Crippen LogP contribution in [0.3, 0.4) is 0 Å². The van der Waals surface area contributed by atoms with Gasteiger partial charge in [-0.2, -0.15) is 0 Å². The molecule has 3 amide bonds. The van der Waals surface area contributed by atoms with E-state index < -0.39 is 0 Å². The quantitative estimate of drug-likeness (QED) is 0.480. The maximum atomic E-state index is 13.0. The first-order chi connectivity index (χ1) is 15.5. The highest BCUT2D eigenvalue weighted by atomic mass is 35.5. The first kappa shape index (κ1) is 24.3. The molecule has 1 heterocycles. The fourth-order valence-electron chi connectivity index (χ4n) is 3.86. The third kappa shape index (κ3) is 7.99. The lowest BCUT2D eigenvalue weighted by Gasteiger charge is -2.24. The molecule has 0 saturated heterocycles. The molecular weight excluding hydrogens is 447 g/mol. The summed E-state index contributed by atoms with van der Waals surface area (Å²) in [4.78, 5) is 31.2. The summed E-state index contributed by atoms with van der Waals surface area (Å²) in [5.74, 6) is -0.00351. The van der Waals surface area contributed by atoms with Gasteiger partial charge in [0, 0.05) is 31.7 Å². The van der Waals surface area contributed by atoms with Crippen LogP contribution in [-0.4, -0.2) is 34.4 Å². The maximum Gasteiger partial charge on any atom is 0.315 e. The Hall–Kier alpha value is -2.31. The highest BCUT2D eigenvalue weighted by molar-refractivity contribution is 6.42. The lowest BCUT2D eigenvalue weighted by molar-refractivity contribution is -0.132. The molecule has 0 bridgehead atoms. The number of hydrogen-bond acceptors (Lipinski definition) is 3. The Morgan fingerprint density at radius 3 is 2.56 bits per heavy atom. The molecule has 0 atom stereocenters. The van der Waals surface area contributed by atoms with Crippen LogP contribution < -0.4 is 10.6 Å². The molecule has 8 heteroatoms. The number of hydrogen-bond donors (Lipinski definition) is 2. The average molecular weight is 477 g/mol. The number of halogens is 2. The number of nitrogens with zero attached hydrogens (tertiary/aromatic N) is 2. The average Bonchev–Trinajstić information content (AvgIpc) is 2.80. The van der Waals surface area contributed by atoms with E-state index in [9.17, 15) is 9.59 Å². The molecule has 3 rings (SSSR count). The summed E-state index contributed by atoms with van der Waals surface area (Å²) in [7, 11) is 0. The van der Waals surface area contributed by atoms with Gasteiger partial charge >= 0.3 is 6.03 Å². The van der Waals surface area contributed by atoms with Crippen LogP contribution in [0.25, 0.3) is 0 Å². The highest BCUT2D eigenvalue weighted by Gasteiger charge is 2.17. The molecule has 0 unspecified atom stereocenters. The van der Waals surface area contributed by atoms with Crippen molar-refractivity contribution >= 4 is 35.1 Å². The third-order valence-corrected chi connectivity index (χ3v) is 6.32. The number of benzene rings is 1. The van der Waals surface area contributed by atoms with Crippen molar-refractivity contribution in [3.63, 3.8) is 0 Å². The van der Waals surface area contributed by atoms with Crippen molar-refractivity contribution < 1.29 is 9.59 Å². The van der Waals surface area contributed by atoms with Crippen LogP contribution >= 0.6 is 23.2 Å². The third-order valence-electron chi connectivity index (χ3n) is 5.58. The van der Waals surface area contributed by atoms with Gasteiger partial charge < -0.3 is 15.5 Å². The van der Waals surface area contributed by atoms with Crippen molar-refractivity contribution in [2.75, 3.05) is 6.54 Å². The smallest absolute Gasteiger partial charge is 0.315 e. The summed E-state index contributed by atoms with van der Waals surface area (Å²) < 4.78 is 0. The standard InChI is InChI=1S/C24H30Cl2N4O2/c25-21-12-11-18(15-22(21)26)16-30(17-20-9-4-5-13-27-20)23(31)10-6-14-28-24(32)29-19-7-2-1-3-8-19/h4-5,9,11-13,15,19H,1-3,6-8,10,14,16-17H2,(H2,28,29,32). The minimum Gasteiger partial charge on any atom is -0.338 e. The number of aromatic nitrogens is 1. The van der Waals surface area contributed by atoms with Crippen molar-refractivity contribution in [1.29, 1.82) is 0 Å². The summed E-state index contributed by atoms with van der Waals surface area (Å²) >= 11 is 12.2. The van der Waals surface area contributed by atoms with Gasteiger partial charge in [-0.3, -0.25) is 9.78 Å². The molecule has 0 spiro atoms. The maximum absolute atomic E-state index is 13.0. The van der Waals surface area contributed by atoms with Gasteiger partial charge in [0.05, 0.1) is 22.3 Å². The van der Waals surface area contributed by atoms with Gasteiger partial charge in [0.25, 0.3) is 0 Å². The molecule has 1 aliphatic carbocycles. The minimum atomic E-state index is -0.148. The predicted octanol–water partition coefficient (Wildman–Crippen LogP) is 5.33. The van der Waals surface area contributed by atoms with Crippen LogP contribution in [0.4, 0.5) is 4.79 Å². The second kappa shape index (κ2) is 12.7. The Kier molecular flexibility index (Phi) is 9.62. The number of urea groups is 1. The summed E-state index contributed by atoms with van der Waals surface area (Å²) in [5.41, 5.74) is 1.71. The minimum absolute atomic E-state index is 0.00351. The van der Waals surface area contributed by atoms with E-state index in [1.165, 1.54) is 19.3 Å². The van der Waals surface area contributed by atoms with Crippen molar-refractivity contribution in [1.82, 2.24) is 20.5 Å². The van der Waals surface area contributed by atoms with E-state index in [0.29, 0.717) is 42.5 Å². The van der Waals surface area contributed by atoms with Crippen molar-refractivity contribution in [3.05, 3.63) is 63.9 Å². The van der Waals surface area contributed by atoms with Crippen molar-refractivity contribution in [3.8, 4) is 0 Å². The number of rotatable bonds is 9. The molecule has 0 radical (unpaired) electrons. The topological polar surface area (TPSA) is 74.3 Å². The molecule has 1 aliphatic rings. The van der Waals surface area contributed by atoms with E-state index in [4.69, 9.17) is 23.2 Å². The van der Waals surface area contributed by atoms with E-state index in [0.717, 1.165) is 24.1 Å². The van der Waals surface area contributed by atoms with E-state index in [2.05, 4.69) is 15.6 Å². The number of amides is 3. The SMILES string of the molecule is O=C(NCCCC(=O)N(Cc1ccc(Cl)c(Cl)c1)Cc1ccccn1)NC1CCCCC1. The Morgan fingerprint density at radius 2 is 1.84 bits per heavy atom. The van der Waals surface area contributed by atoms with Crippen LogP contribution in [0.2, 0.25) is 10.0 Å². The number of nitrogens with one attached hydrogen (secondary N) is 2. The lowest BCUT2D eigenvalue weighted by Crippen LogP contribution is -2.43. The van der Waals surface area contributed by atoms with Crippen LogP contribution in [0.1, 0.15) is 56.2 Å². The van der Waals surface area contributed by atoms with Gasteiger partial charge in [0.1, 0.15) is 0 Å². The number of carbonyl (C=O) groups is 2. The van der Waals surface area contributed by atoms with Gasteiger partial charge in [0.15, 0.2) is 0 Å². The van der Waals surface area contributed by atoms with Gasteiger partial charge in [-0.15, -0.1) is 0 Å². The predicted molar refractivity (Wildman–Crippen MR) is 128 cm³/mol. The molecule has 1 fully saturated rings. The summed E-state index contributed by atoms with van der Waals surface area (Å²) in [6, 6.07) is 11.1. The van der Waals surface area contributed by atoms with Crippen molar-refractivity contribution in [2.24, 2.45) is 0 Å². The van der Waals surface area contributed by atoms with Gasteiger partial charge in [-0.05, 0) is 49.1 Å². The fourth-order valence-corrected chi connectivity index (χ4v) is 4.18. The lowest BCUT2D eigenvalue weighted by atomic mass is 9.96. The molecule has 172 valence electrons. The van der Waals surface area contributed by atoms with E-state index in [1.54, 1.807) is 23.2 Å². The Morgan fingerprint density at radius 1 is 1.03 bits per heavy atom. The van der Waals surface area contributed by atoms with Crippen LogP contribution in [0.15, 0.2) is 42.6 Å². The van der Waals surface area contributed by atoms with Gasteiger partial charge in [-0.25, -0.2) is 4.79 Å². The number of carbonyl (C=O) groups excluding carboxylic acids is 2. The summed E-state index contributed by atoms with van der Waals surface area (Å²) in [6.07, 6.45) is 8.29. The first-order valence-electron chi connectivity index (χ1n) is 11.2. The molecule has 2 N–H and O–H groups in total. The van der Waals surface area contributed by atoms with Crippen molar-refractivity contribution in [2.45, 2.75) is 64.1 Å². The number of pyridine rings is 1.